The van der Waals surface area contributed by atoms with Gasteiger partial charge in [-0.05, 0) is 62.6 Å². The Morgan fingerprint density at radius 2 is 1.94 bits per heavy atom. The predicted octanol–water partition coefficient (Wildman–Crippen LogP) is 3.63. The lowest BCUT2D eigenvalue weighted by Crippen LogP contribution is -2.32. The van der Waals surface area contributed by atoms with Crippen molar-refractivity contribution < 1.29 is 9.90 Å². The summed E-state index contributed by atoms with van der Waals surface area (Å²) in [6.45, 7) is 3.84. The van der Waals surface area contributed by atoms with Gasteiger partial charge in [0, 0.05) is 36.1 Å². The molecule has 2 heterocycles. The Balaban J connectivity index is 1.44. The number of aliphatic hydroxyl groups is 1. The second kappa shape index (κ2) is 8.15. The molecule has 7 nitrogen and oxygen atoms in total. The molecule has 1 amide bonds. The largest absolute Gasteiger partial charge is 0.383 e. The molecule has 2 aromatic carbocycles. The van der Waals surface area contributed by atoms with Gasteiger partial charge in [0.05, 0.1) is 22.6 Å². The first-order chi connectivity index (χ1) is 16.2. The van der Waals surface area contributed by atoms with Crippen LogP contribution in [0, 0.1) is 11.8 Å². The van der Waals surface area contributed by atoms with E-state index in [9.17, 15) is 9.90 Å². The number of rotatable bonds is 4. The van der Waals surface area contributed by atoms with E-state index < -0.39 is 5.60 Å². The Morgan fingerprint density at radius 1 is 1.21 bits per heavy atom. The van der Waals surface area contributed by atoms with Gasteiger partial charge in [0.2, 0.25) is 0 Å². The number of amides is 1. The van der Waals surface area contributed by atoms with Crippen LogP contribution in [0.5, 0.6) is 0 Å². The summed E-state index contributed by atoms with van der Waals surface area (Å²) in [6, 6.07) is 13.7. The number of nitrogen functional groups attached to an aromatic ring is 1. The first kappa shape index (κ1) is 21.9. The number of anilines is 1. The van der Waals surface area contributed by atoms with Crippen molar-refractivity contribution in [1.29, 1.82) is 0 Å². The summed E-state index contributed by atoms with van der Waals surface area (Å²) in [4.78, 5) is 20.0. The highest BCUT2D eigenvalue weighted by molar-refractivity contribution is 6.10. The molecule has 0 spiro atoms. The molecule has 0 aliphatic heterocycles. The molecule has 172 valence electrons. The highest BCUT2D eigenvalue weighted by Gasteiger charge is 2.33. The molecule has 34 heavy (non-hydrogen) atoms. The van der Waals surface area contributed by atoms with Crippen LogP contribution in [-0.4, -0.2) is 42.3 Å². The molecule has 1 saturated carbocycles. The third-order valence-electron chi connectivity index (χ3n) is 6.02. The van der Waals surface area contributed by atoms with E-state index in [2.05, 4.69) is 21.9 Å². The van der Waals surface area contributed by atoms with E-state index in [0.29, 0.717) is 17.9 Å². The zero-order chi connectivity index (χ0) is 24.0. The molecule has 1 fully saturated rings. The quantitative estimate of drug-likeness (QED) is 0.460. The van der Waals surface area contributed by atoms with Crippen molar-refractivity contribution in [2.75, 3.05) is 5.73 Å². The lowest BCUT2D eigenvalue weighted by Gasteiger charge is -2.23. The molecule has 4 aromatic rings. The van der Waals surface area contributed by atoms with Crippen molar-refractivity contribution >= 4 is 33.5 Å². The molecule has 1 aliphatic rings. The van der Waals surface area contributed by atoms with Crippen molar-refractivity contribution in [3.8, 4) is 11.8 Å². The Morgan fingerprint density at radius 3 is 2.62 bits per heavy atom. The molecule has 0 radical (unpaired) electrons. The molecule has 5 rings (SSSR count). The minimum Gasteiger partial charge on any atom is -0.383 e. The van der Waals surface area contributed by atoms with E-state index in [1.54, 1.807) is 24.7 Å². The smallest absolute Gasteiger partial charge is 0.254 e. The SMILES string of the molecule is Cn1ncc2c(N)nc3ccc(C(=O)N(Cc4ccc(C#CC(C)(C)O)cc4)C4CC4)cc3c21. The summed E-state index contributed by atoms with van der Waals surface area (Å²) in [5.41, 5.74) is 9.19. The van der Waals surface area contributed by atoms with Crippen molar-refractivity contribution in [2.45, 2.75) is 44.9 Å². The predicted molar refractivity (Wildman–Crippen MR) is 133 cm³/mol. The molecule has 1 aliphatic carbocycles. The number of carbonyl (C=O) groups is 1. The molecule has 3 N–H and O–H groups in total. The molecular weight excluding hydrogens is 426 g/mol. The van der Waals surface area contributed by atoms with E-state index in [4.69, 9.17) is 5.73 Å². The van der Waals surface area contributed by atoms with Crippen LogP contribution in [0.1, 0.15) is 48.2 Å². The van der Waals surface area contributed by atoms with Gasteiger partial charge in [0.1, 0.15) is 11.4 Å². The fourth-order valence-corrected chi connectivity index (χ4v) is 4.12. The second-order valence-corrected chi connectivity index (χ2v) is 9.43. The third-order valence-corrected chi connectivity index (χ3v) is 6.02. The van der Waals surface area contributed by atoms with E-state index in [1.807, 2.05) is 54.4 Å². The number of nitrogens with two attached hydrogens (primary N) is 1. The standard InChI is InChI=1S/C27H27N5O2/c1-27(2,34)13-12-17-4-6-18(7-5-17)16-32(20-9-10-20)26(33)19-8-11-23-21(14-19)24-22(25(28)30-23)15-29-31(24)3/h4-8,11,14-15,20,34H,9-10,16H2,1-3H3,(H2,28,30). The summed E-state index contributed by atoms with van der Waals surface area (Å²) in [5.74, 6) is 6.24. The fraction of sp³-hybridized carbons (Fsp3) is 0.296. The lowest BCUT2D eigenvalue weighted by atomic mass is 10.1. The average molecular weight is 454 g/mol. The van der Waals surface area contributed by atoms with Gasteiger partial charge in [0.15, 0.2) is 0 Å². The monoisotopic (exact) mass is 453 g/mol. The number of pyridine rings is 1. The molecule has 0 saturated heterocycles. The van der Waals surface area contributed by atoms with Crippen LogP contribution in [0.3, 0.4) is 0 Å². The number of aryl methyl sites for hydroxylation is 1. The number of hydrogen-bond donors (Lipinski definition) is 2. The van der Waals surface area contributed by atoms with E-state index >= 15 is 0 Å². The number of aromatic nitrogens is 3. The van der Waals surface area contributed by atoms with Gasteiger partial charge < -0.3 is 15.7 Å². The average Bonchev–Trinajstić information content (AvgIpc) is 3.57. The van der Waals surface area contributed by atoms with Crippen LogP contribution in [0.4, 0.5) is 5.82 Å². The zero-order valence-electron chi connectivity index (χ0n) is 19.5. The molecule has 0 bridgehead atoms. The van der Waals surface area contributed by atoms with Crippen LogP contribution >= 0.6 is 0 Å². The first-order valence-corrected chi connectivity index (χ1v) is 11.4. The minimum absolute atomic E-state index is 0.00226. The maximum Gasteiger partial charge on any atom is 0.254 e. The molecular formula is C27H27N5O2. The highest BCUT2D eigenvalue weighted by Crippen LogP contribution is 2.32. The summed E-state index contributed by atoms with van der Waals surface area (Å²) >= 11 is 0. The molecule has 7 heteroatoms. The number of nitrogens with zero attached hydrogens (tertiary/aromatic N) is 4. The van der Waals surface area contributed by atoms with Gasteiger partial charge in [-0.15, -0.1) is 0 Å². The van der Waals surface area contributed by atoms with Gasteiger partial charge in [0.25, 0.3) is 5.91 Å². The Labute approximate surface area is 198 Å². The Bertz CT molecular complexity index is 1460. The Hall–Kier alpha value is -3.89. The number of carbonyl (C=O) groups excluding carboxylic acids is 1. The number of benzene rings is 2. The molecule has 0 atom stereocenters. The van der Waals surface area contributed by atoms with E-state index in [1.165, 1.54) is 0 Å². The minimum atomic E-state index is -1.03. The Kier molecular flexibility index (Phi) is 5.26. The normalized spacial score (nSPS) is 13.6. The van der Waals surface area contributed by atoms with Crippen molar-refractivity contribution in [3.05, 3.63) is 65.4 Å². The number of hydrogen-bond acceptors (Lipinski definition) is 5. The summed E-state index contributed by atoms with van der Waals surface area (Å²) in [5, 5.41) is 15.8. The number of fused-ring (bicyclic) bond motifs is 3. The van der Waals surface area contributed by atoms with Crippen molar-refractivity contribution in [2.24, 2.45) is 7.05 Å². The summed E-state index contributed by atoms with van der Waals surface area (Å²) < 4.78 is 1.77. The van der Waals surface area contributed by atoms with E-state index in [-0.39, 0.29) is 11.9 Å². The van der Waals surface area contributed by atoms with Crippen LogP contribution in [-0.2, 0) is 13.6 Å². The molecule has 0 unspecified atom stereocenters. The van der Waals surface area contributed by atoms with Gasteiger partial charge in [-0.1, -0.05) is 24.0 Å². The molecule has 2 aromatic heterocycles. The lowest BCUT2D eigenvalue weighted by molar-refractivity contribution is 0.0730. The maximum atomic E-state index is 13.6. The van der Waals surface area contributed by atoms with Gasteiger partial charge in [-0.3, -0.25) is 9.48 Å². The summed E-state index contributed by atoms with van der Waals surface area (Å²) in [7, 11) is 1.86. The topological polar surface area (TPSA) is 97.3 Å². The van der Waals surface area contributed by atoms with Crippen LogP contribution < -0.4 is 5.73 Å². The summed E-state index contributed by atoms with van der Waals surface area (Å²) in [6.07, 6.45) is 3.73. The van der Waals surface area contributed by atoms with Crippen LogP contribution in [0.25, 0.3) is 21.8 Å². The van der Waals surface area contributed by atoms with Crippen molar-refractivity contribution in [1.82, 2.24) is 19.7 Å². The van der Waals surface area contributed by atoms with Gasteiger partial charge in [-0.2, -0.15) is 5.10 Å². The third kappa shape index (κ3) is 4.33. The maximum absolute atomic E-state index is 13.6. The van der Waals surface area contributed by atoms with Crippen molar-refractivity contribution in [3.63, 3.8) is 0 Å². The fourth-order valence-electron chi connectivity index (χ4n) is 4.12. The van der Waals surface area contributed by atoms with Crippen LogP contribution in [0.2, 0.25) is 0 Å². The van der Waals surface area contributed by atoms with E-state index in [0.717, 1.165) is 45.8 Å². The van der Waals surface area contributed by atoms with Gasteiger partial charge >= 0.3 is 0 Å². The zero-order valence-corrected chi connectivity index (χ0v) is 19.5. The van der Waals surface area contributed by atoms with Crippen LogP contribution in [0.15, 0.2) is 48.7 Å². The van der Waals surface area contributed by atoms with Gasteiger partial charge in [-0.25, -0.2) is 4.98 Å². The first-order valence-electron chi connectivity index (χ1n) is 11.4. The second-order valence-electron chi connectivity index (χ2n) is 9.43. The highest BCUT2D eigenvalue weighted by atomic mass is 16.3.